The van der Waals surface area contributed by atoms with E-state index in [9.17, 15) is 14.4 Å². The SMILES string of the molecule is CC1=C(C)C(=O)C(C(C)(C)CC(=O)N(C)c2ccc(CO)cc2)=C(C)C1=O. The Hall–Kier alpha value is -2.53. The van der Waals surface area contributed by atoms with Crippen LogP contribution in [0.25, 0.3) is 0 Å². The van der Waals surface area contributed by atoms with Crippen molar-refractivity contribution in [3.63, 3.8) is 0 Å². The van der Waals surface area contributed by atoms with Crippen LogP contribution in [0.1, 0.15) is 46.6 Å². The first-order valence-electron chi connectivity index (χ1n) is 8.96. The highest BCUT2D eigenvalue weighted by Crippen LogP contribution is 2.39. The standard InChI is InChI=1S/C22H27NO4/c1-13-14(2)21(27)19(15(3)20(13)26)22(4,5)11-18(25)23(6)17-9-7-16(12-24)8-10-17/h7-10,24H,11-12H2,1-6H3. The predicted molar refractivity (Wildman–Crippen MR) is 105 cm³/mol. The zero-order valence-electron chi connectivity index (χ0n) is 16.8. The highest BCUT2D eigenvalue weighted by atomic mass is 16.3. The number of hydrogen-bond acceptors (Lipinski definition) is 4. The quantitative estimate of drug-likeness (QED) is 0.808. The van der Waals surface area contributed by atoms with Gasteiger partial charge >= 0.3 is 0 Å². The number of amides is 1. The normalized spacial score (nSPS) is 15.5. The van der Waals surface area contributed by atoms with Crippen molar-refractivity contribution in [2.24, 2.45) is 5.41 Å². The fraction of sp³-hybridized carbons (Fsp3) is 0.409. The number of anilines is 1. The third-order valence-electron chi connectivity index (χ3n) is 5.34. The molecule has 0 heterocycles. The average molecular weight is 369 g/mol. The minimum atomic E-state index is -0.769. The van der Waals surface area contributed by atoms with Crippen molar-refractivity contribution in [3.05, 3.63) is 52.1 Å². The molecule has 0 radical (unpaired) electrons. The van der Waals surface area contributed by atoms with Crippen molar-refractivity contribution < 1.29 is 19.5 Å². The zero-order valence-corrected chi connectivity index (χ0v) is 16.8. The fourth-order valence-electron chi connectivity index (χ4n) is 3.46. The Bertz CT molecular complexity index is 857. The Kier molecular flexibility index (Phi) is 5.85. The van der Waals surface area contributed by atoms with Crippen LogP contribution < -0.4 is 4.90 Å². The number of nitrogens with zero attached hydrogens (tertiary/aromatic N) is 1. The molecule has 5 nitrogen and oxygen atoms in total. The Morgan fingerprint density at radius 1 is 0.963 bits per heavy atom. The van der Waals surface area contributed by atoms with Crippen molar-refractivity contribution >= 4 is 23.2 Å². The number of aliphatic hydroxyl groups is 1. The molecule has 0 saturated heterocycles. The lowest BCUT2D eigenvalue weighted by atomic mass is 9.71. The third kappa shape index (κ3) is 3.93. The second-order valence-corrected chi connectivity index (χ2v) is 7.75. The lowest BCUT2D eigenvalue weighted by Gasteiger charge is -2.32. The van der Waals surface area contributed by atoms with Crippen LogP contribution in [0.4, 0.5) is 5.69 Å². The monoisotopic (exact) mass is 369 g/mol. The average Bonchev–Trinajstić information content (AvgIpc) is 2.63. The first-order valence-corrected chi connectivity index (χ1v) is 8.96. The molecule has 1 amide bonds. The molecule has 0 atom stereocenters. The Balaban J connectivity index is 2.27. The second-order valence-electron chi connectivity index (χ2n) is 7.75. The molecule has 1 aliphatic rings. The molecule has 0 fully saturated rings. The molecule has 0 spiro atoms. The van der Waals surface area contributed by atoms with E-state index in [1.54, 1.807) is 52.1 Å². The van der Waals surface area contributed by atoms with Gasteiger partial charge in [-0.2, -0.15) is 0 Å². The van der Waals surface area contributed by atoms with Gasteiger partial charge in [-0.15, -0.1) is 0 Å². The van der Waals surface area contributed by atoms with Crippen LogP contribution in [0.15, 0.2) is 46.6 Å². The molecule has 1 aliphatic carbocycles. The van der Waals surface area contributed by atoms with E-state index in [2.05, 4.69) is 0 Å². The van der Waals surface area contributed by atoms with Crippen LogP contribution in [0, 0.1) is 5.41 Å². The molecule has 5 heteroatoms. The van der Waals surface area contributed by atoms with Gasteiger partial charge in [-0.3, -0.25) is 14.4 Å². The molecule has 144 valence electrons. The van der Waals surface area contributed by atoms with Gasteiger partial charge in [0.1, 0.15) is 0 Å². The number of Topliss-reactive ketones (excluding diaryl/α,β-unsaturated/α-hetero) is 2. The van der Waals surface area contributed by atoms with Gasteiger partial charge in [-0.25, -0.2) is 0 Å². The topological polar surface area (TPSA) is 74.7 Å². The summed E-state index contributed by atoms with van der Waals surface area (Å²) in [4.78, 5) is 39.6. The largest absolute Gasteiger partial charge is 0.392 e. The van der Waals surface area contributed by atoms with Crippen LogP contribution in [-0.4, -0.2) is 29.6 Å². The maximum absolute atomic E-state index is 12.8. The van der Waals surface area contributed by atoms with Crippen molar-refractivity contribution in [3.8, 4) is 0 Å². The minimum Gasteiger partial charge on any atom is -0.392 e. The number of allylic oxidation sites excluding steroid dienone is 4. The van der Waals surface area contributed by atoms with Crippen LogP contribution in [0.2, 0.25) is 0 Å². The van der Waals surface area contributed by atoms with Crippen LogP contribution >= 0.6 is 0 Å². The highest BCUT2D eigenvalue weighted by Gasteiger charge is 2.38. The van der Waals surface area contributed by atoms with E-state index in [-0.39, 0.29) is 30.5 Å². The van der Waals surface area contributed by atoms with E-state index in [0.29, 0.717) is 28.0 Å². The summed E-state index contributed by atoms with van der Waals surface area (Å²) in [6.45, 7) is 8.58. The van der Waals surface area contributed by atoms with Crippen molar-refractivity contribution in [1.82, 2.24) is 0 Å². The lowest BCUT2D eigenvalue weighted by molar-refractivity contribution is -0.121. The van der Waals surface area contributed by atoms with Gasteiger partial charge in [-0.05, 0) is 38.5 Å². The number of ketones is 2. The van der Waals surface area contributed by atoms with Gasteiger partial charge < -0.3 is 10.0 Å². The van der Waals surface area contributed by atoms with Crippen molar-refractivity contribution in [1.29, 1.82) is 0 Å². The first-order chi connectivity index (χ1) is 12.5. The van der Waals surface area contributed by atoms with Crippen LogP contribution in [-0.2, 0) is 21.0 Å². The molecular weight excluding hydrogens is 342 g/mol. The van der Waals surface area contributed by atoms with E-state index in [0.717, 1.165) is 5.56 Å². The summed E-state index contributed by atoms with van der Waals surface area (Å²) in [5, 5.41) is 9.14. The van der Waals surface area contributed by atoms with Crippen molar-refractivity contribution in [2.75, 3.05) is 11.9 Å². The number of rotatable bonds is 5. The molecule has 0 bridgehead atoms. The summed E-state index contributed by atoms with van der Waals surface area (Å²) in [5.74, 6) is -0.436. The fourth-order valence-corrected chi connectivity index (χ4v) is 3.46. The molecule has 1 aromatic carbocycles. The number of hydrogen-bond donors (Lipinski definition) is 1. The van der Waals surface area contributed by atoms with Crippen molar-refractivity contribution in [2.45, 2.75) is 47.6 Å². The lowest BCUT2D eigenvalue weighted by Crippen LogP contribution is -2.36. The van der Waals surface area contributed by atoms with Gasteiger partial charge in [0.25, 0.3) is 0 Å². The Morgan fingerprint density at radius 3 is 2.00 bits per heavy atom. The highest BCUT2D eigenvalue weighted by molar-refractivity contribution is 6.25. The van der Waals surface area contributed by atoms with Gasteiger partial charge in [0.15, 0.2) is 11.6 Å². The first kappa shape index (κ1) is 20.8. The molecular formula is C22H27NO4. The number of benzene rings is 1. The van der Waals surface area contributed by atoms with Gasteiger partial charge in [0, 0.05) is 46.9 Å². The Labute approximate surface area is 160 Å². The van der Waals surface area contributed by atoms with Gasteiger partial charge in [-0.1, -0.05) is 26.0 Å². The number of carbonyl (C=O) groups is 3. The molecule has 1 N–H and O–H groups in total. The minimum absolute atomic E-state index is 0.0547. The van der Waals surface area contributed by atoms with E-state index in [1.165, 1.54) is 4.90 Å². The molecule has 0 aliphatic heterocycles. The molecule has 0 aromatic heterocycles. The van der Waals surface area contributed by atoms with Crippen LogP contribution in [0.3, 0.4) is 0 Å². The summed E-state index contributed by atoms with van der Waals surface area (Å²) < 4.78 is 0. The number of carbonyl (C=O) groups excluding carboxylic acids is 3. The summed E-state index contributed by atoms with van der Waals surface area (Å²) in [7, 11) is 1.68. The van der Waals surface area contributed by atoms with Gasteiger partial charge in [0.2, 0.25) is 5.91 Å². The molecule has 2 rings (SSSR count). The van der Waals surface area contributed by atoms with E-state index in [4.69, 9.17) is 5.11 Å². The van der Waals surface area contributed by atoms with E-state index in [1.807, 2.05) is 13.8 Å². The smallest absolute Gasteiger partial charge is 0.227 e. The predicted octanol–water partition coefficient (Wildman–Crippen LogP) is 3.36. The van der Waals surface area contributed by atoms with E-state index < -0.39 is 5.41 Å². The third-order valence-corrected chi connectivity index (χ3v) is 5.34. The maximum Gasteiger partial charge on any atom is 0.227 e. The molecule has 0 unspecified atom stereocenters. The molecule has 27 heavy (non-hydrogen) atoms. The molecule has 0 saturated carbocycles. The van der Waals surface area contributed by atoms with Crippen LogP contribution in [0.5, 0.6) is 0 Å². The second kappa shape index (κ2) is 7.61. The molecule has 1 aromatic rings. The summed E-state index contributed by atoms with van der Waals surface area (Å²) in [5.41, 5.74) is 2.48. The maximum atomic E-state index is 12.8. The van der Waals surface area contributed by atoms with Gasteiger partial charge in [0.05, 0.1) is 6.61 Å². The Morgan fingerprint density at radius 2 is 1.48 bits per heavy atom. The summed E-state index contributed by atoms with van der Waals surface area (Å²) in [6.07, 6.45) is 0.100. The summed E-state index contributed by atoms with van der Waals surface area (Å²) >= 11 is 0. The number of aliphatic hydroxyl groups excluding tert-OH is 1. The zero-order chi connectivity index (χ0) is 20.5. The summed E-state index contributed by atoms with van der Waals surface area (Å²) in [6, 6.07) is 7.06. The van der Waals surface area contributed by atoms with E-state index >= 15 is 0 Å².